The van der Waals surface area contributed by atoms with Crippen molar-refractivity contribution in [2.45, 2.75) is 0 Å². The van der Waals surface area contributed by atoms with Crippen LogP contribution in [0.15, 0.2) is 6.20 Å². The largest absolute Gasteiger partial charge is 0.383 e. The summed E-state index contributed by atoms with van der Waals surface area (Å²) in [7, 11) is 2.97. The van der Waals surface area contributed by atoms with E-state index in [0.29, 0.717) is 6.61 Å². The first-order valence-electron chi connectivity index (χ1n) is 4.51. The Hall–Kier alpha value is -1.96. The lowest BCUT2D eigenvalue weighted by atomic mass is 10.3. The zero-order chi connectivity index (χ0) is 12.1. The second-order valence-corrected chi connectivity index (χ2v) is 3.01. The molecule has 1 aromatic rings. The van der Waals surface area contributed by atoms with Gasteiger partial charge in [-0.05, 0) is 0 Å². The van der Waals surface area contributed by atoms with E-state index in [1.54, 1.807) is 0 Å². The van der Waals surface area contributed by atoms with Gasteiger partial charge in [-0.3, -0.25) is 19.6 Å². The van der Waals surface area contributed by atoms with Crippen molar-refractivity contribution >= 4 is 11.6 Å². The first-order valence-corrected chi connectivity index (χ1v) is 4.51. The minimum atomic E-state index is -0.641. The van der Waals surface area contributed by atoms with E-state index < -0.39 is 10.8 Å². The van der Waals surface area contributed by atoms with E-state index in [1.165, 1.54) is 18.8 Å². The molecule has 1 N–H and O–H groups in total. The average Bonchev–Trinajstić information content (AvgIpc) is 2.60. The Labute approximate surface area is 91.3 Å². The summed E-state index contributed by atoms with van der Waals surface area (Å²) in [5.74, 6) is -0.538. The molecule has 1 aromatic heterocycles. The summed E-state index contributed by atoms with van der Waals surface area (Å²) in [6.45, 7) is 0.634. The van der Waals surface area contributed by atoms with Gasteiger partial charge in [0.1, 0.15) is 6.20 Å². The van der Waals surface area contributed by atoms with Crippen molar-refractivity contribution < 1.29 is 14.5 Å². The van der Waals surface area contributed by atoms with Crippen LogP contribution in [0.2, 0.25) is 0 Å². The second kappa shape index (κ2) is 5.21. The third kappa shape index (κ3) is 2.54. The number of aromatic nitrogens is 2. The molecule has 1 amide bonds. The quantitative estimate of drug-likeness (QED) is 0.424. The highest BCUT2D eigenvalue weighted by Crippen LogP contribution is 2.16. The summed E-state index contributed by atoms with van der Waals surface area (Å²) in [6.07, 6.45) is 1.05. The number of carbonyl (C=O) groups excluding carboxylic acids is 1. The molecule has 0 aliphatic carbocycles. The molecule has 0 atom stereocenters. The van der Waals surface area contributed by atoms with Gasteiger partial charge in [0.05, 0.1) is 11.5 Å². The average molecular weight is 228 g/mol. The van der Waals surface area contributed by atoms with Crippen LogP contribution in [0.4, 0.5) is 5.69 Å². The topological polar surface area (TPSA) is 99.3 Å². The van der Waals surface area contributed by atoms with Crippen LogP contribution in [0.3, 0.4) is 0 Å². The number of nitro groups is 1. The molecule has 0 fully saturated rings. The minimum absolute atomic E-state index is 0.0684. The van der Waals surface area contributed by atoms with Gasteiger partial charge in [-0.15, -0.1) is 0 Å². The van der Waals surface area contributed by atoms with Crippen molar-refractivity contribution in [3.05, 3.63) is 22.0 Å². The molecule has 0 saturated carbocycles. The normalized spacial score (nSPS) is 10.1. The number of carbonyl (C=O) groups is 1. The molecular formula is C8H12N4O4. The van der Waals surface area contributed by atoms with E-state index in [9.17, 15) is 14.9 Å². The Morgan fingerprint density at radius 1 is 1.75 bits per heavy atom. The molecule has 0 saturated heterocycles. The fraction of sp³-hybridized carbons (Fsp3) is 0.500. The molecule has 16 heavy (non-hydrogen) atoms. The van der Waals surface area contributed by atoms with Crippen molar-refractivity contribution in [2.24, 2.45) is 7.05 Å². The number of nitrogens with one attached hydrogen (secondary N) is 1. The fourth-order valence-corrected chi connectivity index (χ4v) is 1.17. The highest BCUT2D eigenvalue weighted by atomic mass is 16.6. The summed E-state index contributed by atoms with van der Waals surface area (Å²) < 4.78 is 5.91. The lowest BCUT2D eigenvalue weighted by molar-refractivity contribution is -0.385. The molecule has 1 rings (SSSR count). The number of hydrogen-bond acceptors (Lipinski definition) is 5. The molecule has 0 aromatic carbocycles. The van der Waals surface area contributed by atoms with Crippen LogP contribution in [0.1, 0.15) is 10.5 Å². The number of methoxy groups -OCH3 is 1. The first kappa shape index (κ1) is 12.1. The van der Waals surface area contributed by atoms with Crippen molar-refractivity contribution in [1.82, 2.24) is 15.1 Å². The molecule has 0 spiro atoms. The summed E-state index contributed by atoms with van der Waals surface area (Å²) in [4.78, 5) is 21.6. The Balaban J connectivity index is 2.81. The Morgan fingerprint density at radius 3 is 3.00 bits per heavy atom. The SMILES string of the molecule is COCCNC(=O)c1c([N+](=O)[O-])cnn1C. The predicted molar refractivity (Wildman–Crippen MR) is 54.1 cm³/mol. The van der Waals surface area contributed by atoms with Crippen molar-refractivity contribution in [3.63, 3.8) is 0 Å². The summed E-state index contributed by atoms with van der Waals surface area (Å²) in [5, 5.41) is 16.8. The number of hydrogen-bond donors (Lipinski definition) is 1. The molecule has 8 nitrogen and oxygen atoms in total. The number of nitrogens with zero attached hydrogens (tertiary/aromatic N) is 3. The molecule has 0 unspecified atom stereocenters. The van der Waals surface area contributed by atoms with E-state index in [-0.39, 0.29) is 17.9 Å². The Morgan fingerprint density at radius 2 is 2.44 bits per heavy atom. The predicted octanol–water partition coefficient (Wildman–Crippen LogP) is -0.296. The monoisotopic (exact) mass is 228 g/mol. The maximum atomic E-state index is 11.6. The van der Waals surface area contributed by atoms with Gasteiger partial charge in [-0.1, -0.05) is 0 Å². The minimum Gasteiger partial charge on any atom is -0.383 e. The first-order chi connectivity index (χ1) is 7.57. The van der Waals surface area contributed by atoms with Crippen molar-refractivity contribution in [1.29, 1.82) is 0 Å². The van der Waals surface area contributed by atoms with Crippen molar-refractivity contribution in [2.75, 3.05) is 20.3 Å². The molecule has 0 bridgehead atoms. The molecule has 0 aliphatic heterocycles. The highest BCUT2D eigenvalue weighted by molar-refractivity contribution is 5.96. The summed E-state index contributed by atoms with van der Waals surface area (Å²) >= 11 is 0. The van der Waals surface area contributed by atoms with Gasteiger partial charge in [0.2, 0.25) is 5.69 Å². The number of amides is 1. The van der Waals surface area contributed by atoms with Gasteiger partial charge in [-0.25, -0.2) is 0 Å². The number of rotatable bonds is 5. The molecule has 0 aliphatic rings. The van der Waals surface area contributed by atoms with Gasteiger partial charge in [0.25, 0.3) is 5.91 Å². The van der Waals surface area contributed by atoms with Gasteiger partial charge in [0.15, 0.2) is 0 Å². The van der Waals surface area contributed by atoms with E-state index in [4.69, 9.17) is 4.74 Å². The van der Waals surface area contributed by atoms with E-state index in [2.05, 4.69) is 10.4 Å². The van der Waals surface area contributed by atoms with Crippen LogP contribution in [0.25, 0.3) is 0 Å². The Bertz CT molecular complexity index is 401. The van der Waals surface area contributed by atoms with E-state index in [1.807, 2.05) is 0 Å². The van der Waals surface area contributed by atoms with Crippen LogP contribution < -0.4 is 5.32 Å². The lowest BCUT2D eigenvalue weighted by Crippen LogP contribution is -2.29. The van der Waals surface area contributed by atoms with Crippen LogP contribution in [0, 0.1) is 10.1 Å². The van der Waals surface area contributed by atoms with Crippen LogP contribution >= 0.6 is 0 Å². The van der Waals surface area contributed by atoms with Gasteiger partial charge >= 0.3 is 5.69 Å². The van der Waals surface area contributed by atoms with Gasteiger partial charge < -0.3 is 10.1 Å². The molecule has 88 valence electrons. The molecule has 1 heterocycles. The highest BCUT2D eigenvalue weighted by Gasteiger charge is 2.24. The fourth-order valence-electron chi connectivity index (χ4n) is 1.17. The zero-order valence-corrected chi connectivity index (χ0v) is 8.97. The van der Waals surface area contributed by atoms with Crippen molar-refractivity contribution in [3.8, 4) is 0 Å². The van der Waals surface area contributed by atoms with Crippen LogP contribution in [0.5, 0.6) is 0 Å². The number of ether oxygens (including phenoxy) is 1. The smallest absolute Gasteiger partial charge is 0.320 e. The maximum Gasteiger partial charge on any atom is 0.320 e. The lowest BCUT2D eigenvalue weighted by Gasteiger charge is -2.03. The standard InChI is InChI=1S/C8H12N4O4/c1-11-7(6(5-10-11)12(14)15)8(13)9-3-4-16-2/h5H,3-4H2,1-2H3,(H,9,13). The molecule has 0 radical (unpaired) electrons. The van der Waals surface area contributed by atoms with Crippen LogP contribution in [-0.4, -0.2) is 40.9 Å². The third-order valence-corrected chi connectivity index (χ3v) is 1.92. The zero-order valence-electron chi connectivity index (χ0n) is 8.97. The summed E-state index contributed by atoms with van der Waals surface area (Å²) in [5.41, 5.74) is -0.376. The molecular weight excluding hydrogens is 216 g/mol. The van der Waals surface area contributed by atoms with Gasteiger partial charge in [0, 0.05) is 20.7 Å². The third-order valence-electron chi connectivity index (χ3n) is 1.92. The maximum absolute atomic E-state index is 11.6. The van der Waals surface area contributed by atoms with E-state index >= 15 is 0 Å². The van der Waals surface area contributed by atoms with E-state index in [0.717, 1.165) is 6.20 Å². The number of aryl methyl sites for hydroxylation is 1. The second-order valence-electron chi connectivity index (χ2n) is 3.01. The van der Waals surface area contributed by atoms with Gasteiger partial charge in [-0.2, -0.15) is 5.10 Å². The molecule has 8 heteroatoms. The Kier molecular flexibility index (Phi) is 3.95. The summed E-state index contributed by atoms with van der Waals surface area (Å²) in [6, 6.07) is 0. The van der Waals surface area contributed by atoms with Crippen LogP contribution in [-0.2, 0) is 11.8 Å².